The average molecular weight is 441 g/mol. The number of hydrogen-bond donors (Lipinski definition) is 2. The lowest BCUT2D eigenvalue weighted by Crippen LogP contribution is -2.43. The van der Waals surface area contributed by atoms with E-state index in [9.17, 15) is 14.7 Å². The highest BCUT2D eigenvalue weighted by molar-refractivity contribution is 7.19. The third kappa shape index (κ3) is 3.34. The summed E-state index contributed by atoms with van der Waals surface area (Å²) in [4.78, 5) is 32.5. The van der Waals surface area contributed by atoms with Crippen LogP contribution in [0.3, 0.4) is 0 Å². The third-order valence-electron chi connectivity index (χ3n) is 5.24. The predicted molar refractivity (Wildman–Crippen MR) is 109 cm³/mol. The quantitative estimate of drug-likeness (QED) is 0.749. The lowest BCUT2D eigenvalue weighted by molar-refractivity contribution is -0.138. The number of anilines is 2. The van der Waals surface area contributed by atoms with Crippen LogP contribution in [0.4, 0.5) is 15.6 Å². The van der Waals surface area contributed by atoms with Gasteiger partial charge in [-0.15, -0.1) is 0 Å². The van der Waals surface area contributed by atoms with Crippen molar-refractivity contribution in [1.82, 2.24) is 9.88 Å². The molecule has 7 nitrogen and oxygen atoms in total. The summed E-state index contributed by atoms with van der Waals surface area (Å²) >= 11 is 13.3. The van der Waals surface area contributed by atoms with E-state index in [0.29, 0.717) is 40.5 Å². The molecule has 0 bridgehead atoms. The molecule has 1 unspecified atom stereocenters. The van der Waals surface area contributed by atoms with E-state index in [4.69, 9.17) is 23.2 Å². The maximum absolute atomic E-state index is 12.9. The summed E-state index contributed by atoms with van der Waals surface area (Å²) < 4.78 is 0.489. The van der Waals surface area contributed by atoms with E-state index in [-0.39, 0.29) is 11.9 Å². The molecule has 2 aliphatic heterocycles. The molecule has 28 heavy (non-hydrogen) atoms. The van der Waals surface area contributed by atoms with Crippen LogP contribution >= 0.6 is 34.5 Å². The third-order valence-corrected chi connectivity index (χ3v) is 6.51. The highest BCUT2D eigenvalue weighted by Gasteiger charge is 2.50. The van der Waals surface area contributed by atoms with E-state index >= 15 is 0 Å². The molecule has 1 aromatic carbocycles. The van der Waals surface area contributed by atoms with Gasteiger partial charge in [0, 0.05) is 35.8 Å². The SMILES string of the molecule is C[C@@H](O)C(=O)N1CCC2(C1)CN(C(=O)Nc1ncc(Cl)s1)c1ccc(Cl)cc12. The fourth-order valence-electron chi connectivity index (χ4n) is 3.97. The first-order valence-corrected chi connectivity index (χ1v) is 10.3. The lowest BCUT2D eigenvalue weighted by atomic mass is 9.81. The molecule has 148 valence electrons. The molecule has 0 saturated carbocycles. The Morgan fingerprint density at radius 3 is 2.82 bits per heavy atom. The molecule has 0 aliphatic carbocycles. The molecule has 1 aromatic heterocycles. The van der Waals surface area contributed by atoms with Crippen LogP contribution in [0.15, 0.2) is 24.4 Å². The van der Waals surface area contributed by atoms with Crippen LogP contribution in [-0.2, 0) is 10.2 Å². The molecule has 2 N–H and O–H groups in total. The van der Waals surface area contributed by atoms with Crippen molar-refractivity contribution in [3.8, 4) is 0 Å². The van der Waals surface area contributed by atoms with Gasteiger partial charge in [-0.3, -0.25) is 15.0 Å². The number of aliphatic hydroxyl groups is 1. The number of amides is 3. The molecule has 3 amide bonds. The van der Waals surface area contributed by atoms with Gasteiger partial charge in [-0.25, -0.2) is 9.78 Å². The fourth-order valence-corrected chi connectivity index (χ4v) is 4.94. The van der Waals surface area contributed by atoms with Gasteiger partial charge in [-0.2, -0.15) is 0 Å². The van der Waals surface area contributed by atoms with Gasteiger partial charge < -0.3 is 10.0 Å². The van der Waals surface area contributed by atoms with E-state index < -0.39 is 11.5 Å². The maximum Gasteiger partial charge on any atom is 0.328 e. The Morgan fingerprint density at radius 1 is 1.36 bits per heavy atom. The van der Waals surface area contributed by atoms with Crippen molar-refractivity contribution >= 4 is 57.3 Å². The van der Waals surface area contributed by atoms with E-state index in [2.05, 4.69) is 10.3 Å². The zero-order chi connectivity index (χ0) is 20.1. The van der Waals surface area contributed by atoms with Crippen LogP contribution in [0.25, 0.3) is 0 Å². The first kappa shape index (κ1) is 19.4. The van der Waals surface area contributed by atoms with Gasteiger partial charge >= 0.3 is 6.03 Å². The Balaban J connectivity index is 1.63. The summed E-state index contributed by atoms with van der Waals surface area (Å²) in [6.07, 6.45) is 1.12. The molecule has 3 heterocycles. The van der Waals surface area contributed by atoms with Crippen molar-refractivity contribution in [2.45, 2.75) is 24.9 Å². The van der Waals surface area contributed by atoms with Crippen LogP contribution in [0, 0.1) is 0 Å². The number of aliphatic hydroxyl groups excluding tert-OH is 1. The molecule has 10 heteroatoms. The van der Waals surface area contributed by atoms with Gasteiger partial charge in [0.15, 0.2) is 5.13 Å². The Bertz CT molecular complexity index is 951. The lowest BCUT2D eigenvalue weighted by Gasteiger charge is -2.26. The van der Waals surface area contributed by atoms with Crippen LogP contribution in [-0.4, -0.2) is 52.7 Å². The van der Waals surface area contributed by atoms with Crippen LogP contribution in [0.2, 0.25) is 9.36 Å². The van der Waals surface area contributed by atoms with Crippen molar-refractivity contribution in [2.24, 2.45) is 0 Å². The van der Waals surface area contributed by atoms with Gasteiger partial charge in [0.2, 0.25) is 0 Å². The summed E-state index contributed by atoms with van der Waals surface area (Å²) in [5.74, 6) is -0.305. The Morgan fingerprint density at radius 2 is 2.14 bits per heavy atom. The number of benzene rings is 1. The zero-order valence-electron chi connectivity index (χ0n) is 15.0. The van der Waals surface area contributed by atoms with Gasteiger partial charge in [0.1, 0.15) is 10.4 Å². The first-order valence-electron chi connectivity index (χ1n) is 8.76. The van der Waals surface area contributed by atoms with Crippen molar-refractivity contribution < 1.29 is 14.7 Å². The van der Waals surface area contributed by atoms with Crippen LogP contribution < -0.4 is 10.2 Å². The second-order valence-corrected chi connectivity index (χ2v) is 9.21. The van der Waals surface area contributed by atoms with E-state index in [1.54, 1.807) is 15.9 Å². The second-order valence-electron chi connectivity index (χ2n) is 7.11. The minimum atomic E-state index is -1.05. The Kier molecular flexibility index (Phi) is 4.99. The largest absolute Gasteiger partial charge is 0.384 e. The van der Waals surface area contributed by atoms with Crippen LogP contribution in [0.5, 0.6) is 0 Å². The van der Waals surface area contributed by atoms with Gasteiger partial charge in [0.05, 0.1) is 6.20 Å². The normalized spacial score (nSPS) is 21.9. The number of urea groups is 1. The zero-order valence-corrected chi connectivity index (χ0v) is 17.3. The molecule has 0 radical (unpaired) electrons. The standard InChI is InChI=1S/C18H18Cl2N4O3S/c1-10(25)15(26)23-5-4-18(8-23)9-24(13-3-2-11(19)6-12(13)18)17(27)22-16-21-7-14(20)28-16/h2-3,6-7,10,25H,4-5,8-9H2,1H3,(H,21,22,27)/t10-,18?/m1/s1. The van der Waals surface area contributed by atoms with E-state index in [0.717, 1.165) is 11.3 Å². The summed E-state index contributed by atoms with van der Waals surface area (Å²) in [5.41, 5.74) is 1.28. The first-order chi connectivity index (χ1) is 13.3. The number of rotatable bonds is 2. The molecular weight excluding hydrogens is 423 g/mol. The number of aromatic nitrogens is 1. The van der Waals surface area contributed by atoms with E-state index in [1.807, 2.05) is 12.1 Å². The highest BCUT2D eigenvalue weighted by atomic mass is 35.5. The number of nitrogens with one attached hydrogen (secondary N) is 1. The minimum absolute atomic E-state index is 0.305. The van der Waals surface area contributed by atoms with E-state index in [1.165, 1.54) is 24.5 Å². The van der Waals surface area contributed by atoms with Gasteiger partial charge in [-0.05, 0) is 37.1 Å². The summed E-state index contributed by atoms with van der Waals surface area (Å²) in [6.45, 7) is 2.83. The Labute approximate surface area is 175 Å². The fraction of sp³-hybridized carbons (Fsp3) is 0.389. The van der Waals surface area contributed by atoms with Crippen LogP contribution in [0.1, 0.15) is 18.9 Å². The summed E-state index contributed by atoms with van der Waals surface area (Å²) in [7, 11) is 0. The number of fused-ring (bicyclic) bond motifs is 2. The minimum Gasteiger partial charge on any atom is -0.384 e. The summed E-state index contributed by atoms with van der Waals surface area (Å²) in [5, 5.41) is 13.4. The monoisotopic (exact) mass is 440 g/mol. The average Bonchev–Trinajstić information content (AvgIpc) is 3.34. The maximum atomic E-state index is 12.9. The topological polar surface area (TPSA) is 85.8 Å². The van der Waals surface area contributed by atoms with Gasteiger partial charge in [-0.1, -0.05) is 34.5 Å². The second kappa shape index (κ2) is 7.18. The molecule has 1 saturated heterocycles. The molecule has 4 rings (SSSR count). The van der Waals surface area contributed by atoms with Crippen molar-refractivity contribution in [3.63, 3.8) is 0 Å². The molecular formula is C18H18Cl2N4O3S. The number of halogens is 2. The van der Waals surface area contributed by atoms with Crippen molar-refractivity contribution in [3.05, 3.63) is 39.3 Å². The van der Waals surface area contributed by atoms with Crippen molar-refractivity contribution in [1.29, 1.82) is 0 Å². The number of carbonyl (C=O) groups is 2. The molecule has 2 atom stereocenters. The van der Waals surface area contributed by atoms with Gasteiger partial charge in [0.25, 0.3) is 5.91 Å². The number of nitrogens with zero attached hydrogens (tertiary/aromatic N) is 3. The molecule has 2 aromatic rings. The number of carbonyl (C=O) groups excluding carboxylic acids is 2. The summed E-state index contributed by atoms with van der Waals surface area (Å²) in [6, 6.07) is 5.11. The number of thiazole rings is 1. The number of likely N-dealkylation sites (tertiary alicyclic amines) is 1. The predicted octanol–water partition coefficient (Wildman–Crippen LogP) is 3.35. The molecule has 1 spiro atoms. The highest BCUT2D eigenvalue weighted by Crippen LogP contribution is 2.47. The molecule has 1 fully saturated rings. The number of hydrogen-bond acceptors (Lipinski definition) is 5. The Hall–Kier alpha value is -1.87. The van der Waals surface area contributed by atoms with Crippen molar-refractivity contribution in [2.75, 3.05) is 29.9 Å². The smallest absolute Gasteiger partial charge is 0.328 e. The molecule has 2 aliphatic rings.